The van der Waals surface area contributed by atoms with E-state index in [1.165, 1.54) is 7.11 Å². The van der Waals surface area contributed by atoms with Gasteiger partial charge < -0.3 is 23.7 Å². The van der Waals surface area contributed by atoms with Crippen LogP contribution in [0.5, 0.6) is 23.0 Å². The van der Waals surface area contributed by atoms with Gasteiger partial charge in [-0.1, -0.05) is 0 Å². The number of ketones is 1. The Morgan fingerprint density at radius 3 is 2.46 bits per heavy atom. The molecule has 0 spiro atoms. The Labute approximate surface area is 162 Å². The summed E-state index contributed by atoms with van der Waals surface area (Å²) in [7, 11) is 4.39. The van der Waals surface area contributed by atoms with Crippen molar-refractivity contribution < 1.29 is 33.3 Å². The second-order valence-corrected chi connectivity index (χ2v) is 5.99. The third-order valence-electron chi connectivity index (χ3n) is 4.21. The summed E-state index contributed by atoms with van der Waals surface area (Å²) in [5.74, 6) is 1.35. The summed E-state index contributed by atoms with van der Waals surface area (Å²) >= 11 is 0. The van der Waals surface area contributed by atoms with Crippen LogP contribution in [0, 0.1) is 0 Å². The van der Waals surface area contributed by atoms with Crippen molar-refractivity contribution in [3.05, 3.63) is 53.3 Å². The minimum absolute atomic E-state index is 0.153. The van der Waals surface area contributed by atoms with Crippen LogP contribution in [0.15, 0.2) is 42.2 Å². The summed E-state index contributed by atoms with van der Waals surface area (Å²) in [5, 5.41) is 0. The quantitative estimate of drug-likeness (QED) is 0.559. The molecule has 0 fully saturated rings. The maximum Gasteiger partial charge on any atom is 0.346 e. The number of hydrogen-bond acceptors (Lipinski definition) is 7. The van der Waals surface area contributed by atoms with Crippen LogP contribution in [0.2, 0.25) is 0 Å². The average Bonchev–Trinajstić information content (AvgIpc) is 3.01. The largest absolute Gasteiger partial charge is 0.497 e. The molecule has 0 saturated carbocycles. The molecule has 1 heterocycles. The fourth-order valence-electron chi connectivity index (χ4n) is 2.75. The van der Waals surface area contributed by atoms with Crippen molar-refractivity contribution in [1.29, 1.82) is 0 Å². The first-order chi connectivity index (χ1) is 13.5. The first-order valence-corrected chi connectivity index (χ1v) is 8.51. The maximum absolute atomic E-state index is 12.7. The summed E-state index contributed by atoms with van der Waals surface area (Å²) in [4.78, 5) is 24.2. The van der Waals surface area contributed by atoms with Gasteiger partial charge in [-0.05, 0) is 43.3 Å². The molecule has 0 amide bonds. The first-order valence-electron chi connectivity index (χ1n) is 8.51. The number of ether oxygens (including phenoxy) is 5. The predicted octanol–water partition coefficient (Wildman–Crippen LogP) is 3.26. The molecule has 0 radical (unpaired) electrons. The number of Topliss-reactive ketones (excluding diaryl/α,β-unsaturated/α-hetero) is 1. The van der Waals surface area contributed by atoms with E-state index in [0.29, 0.717) is 34.1 Å². The fourth-order valence-corrected chi connectivity index (χ4v) is 2.75. The van der Waals surface area contributed by atoms with Crippen molar-refractivity contribution in [2.24, 2.45) is 0 Å². The van der Waals surface area contributed by atoms with Gasteiger partial charge in [0, 0.05) is 11.6 Å². The number of carbonyl (C=O) groups is 2. The number of benzene rings is 2. The molecule has 1 aliphatic rings. The smallest absolute Gasteiger partial charge is 0.346 e. The van der Waals surface area contributed by atoms with E-state index in [9.17, 15) is 9.59 Å². The number of fused-ring (bicyclic) bond motifs is 1. The number of methoxy groups -OCH3 is 3. The Balaban J connectivity index is 1.88. The monoisotopic (exact) mass is 384 g/mol. The molecule has 2 aromatic carbocycles. The van der Waals surface area contributed by atoms with Gasteiger partial charge in [0.05, 0.1) is 26.9 Å². The number of allylic oxidation sites excluding steroid dienone is 1. The molecule has 3 rings (SSSR count). The highest BCUT2D eigenvalue weighted by atomic mass is 16.6. The number of esters is 1. The molecule has 28 heavy (non-hydrogen) atoms. The molecule has 0 saturated heterocycles. The molecule has 0 N–H and O–H groups in total. The van der Waals surface area contributed by atoms with E-state index in [-0.39, 0.29) is 11.5 Å². The van der Waals surface area contributed by atoms with E-state index in [0.717, 1.165) is 0 Å². The van der Waals surface area contributed by atoms with Gasteiger partial charge in [0.1, 0.15) is 23.0 Å². The van der Waals surface area contributed by atoms with Gasteiger partial charge in [0.25, 0.3) is 0 Å². The van der Waals surface area contributed by atoms with Gasteiger partial charge in [-0.15, -0.1) is 0 Å². The standard InChI is InChI=1S/C21H20O7/c1-12(21(23)26-4)27-15-5-7-16-18(11-15)28-19(20(16)22)10-13-9-14(24-2)6-8-17(13)25-3/h5-12H,1-4H3. The Morgan fingerprint density at radius 2 is 1.79 bits per heavy atom. The Morgan fingerprint density at radius 1 is 1.04 bits per heavy atom. The van der Waals surface area contributed by atoms with Gasteiger partial charge in [0.2, 0.25) is 5.78 Å². The molecule has 1 aliphatic heterocycles. The van der Waals surface area contributed by atoms with Gasteiger partial charge >= 0.3 is 5.97 Å². The van der Waals surface area contributed by atoms with Crippen molar-refractivity contribution in [2.45, 2.75) is 13.0 Å². The second-order valence-electron chi connectivity index (χ2n) is 5.99. The number of hydrogen-bond donors (Lipinski definition) is 0. The van der Waals surface area contributed by atoms with E-state index in [1.54, 1.807) is 63.6 Å². The molecule has 0 bridgehead atoms. The van der Waals surface area contributed by atoms with E-state index < -0.39 is 12.1 Å². The third-order valence-corrected chi connectivity index (χ3v) is 4.21. The van der Waals surface area contributed by atoms with Crippen molar-refractivity contribution in [3.8, 4) is 23.0 Å². The molecular formula is C21H20O7. The SMILES string of the molecule is COC(=O)C(C)Oc1ccc2c(c1)OC(=Cc1cc(OC)ccc1OC)C2=O. The predicted molar refractivity (Wildman–Crippen MR) is 101 cm³/mol. The Hall–Kier alpha value is -3.48. The summed E-state index contributed by atoms with van der Waals surface area (Å²) in [5.41, 5.74) is 1.06. The van der Waals surface area contributed by atoms with Crippen LogP contribution in [0.1, 0.15) is 22.8 Å². The van der Waals surface area contributed by atoms with Crippen LogP contribution in [0.4, 0.5) is 0 Å². The van der Waals surface area contributed by atoms with Crippen LogP contribution >= 0.6 is 0 Å². The Bertz CT molecular complexity index is 946. The van der Waals surface area contributed by atoms with Crippen molar-refractivity contribution >= 4 is 17.8 Å². The molecule has 1 atom stereocenters. The van der Waals surface area contributed by atoms with Crippen molar-refractivity contribution in [3.63, 3.8) is 0 Å². The normalized spacial score (nSPS) is 14.9. The number of rotatable bonds is 6. The molecule has 7 heteroatoms. The highest BCUT2D eigenvalue weighted by molar-refractivity contribution is 6.14. The molecule has 1 unspecified atom stereocenters. The summed E-state index contributed by atoms with van der Waals surface area (Å²) < 4.78 is 26.4. The third kappa shape index (κ3) is 3.78. The number of carbonyl (C=O) groups excluding carboxylic acids is 2. The van der Waals surface area contributed by atoms with Crippen LogP contribution < -0.4 is 18.9 Å². The first kappa shape index (κ1) is 19.3. The highest BCUT2D eigenvalue weighted by Crippen LogP contribution is 2.36. The van der Waals surface area contributed by atoms with Crippen LogP contribution in [0.25, 0.3) is 6.08 Å². The average molecular weight is 384 g/mol. The van der Waals surface area contributed by atoms with Gasteiger partial charge in [-0.25, -0.2) is 4.79 Å². The second kappa shape index (κ2) is 8.04. The Kier molecular flexibility index (Phi) is 5.54. The zero-order valence-corrected chi connectivity index (χ0v) is 16.0. The minimum atomic E-state index is -0.781. The lowest BCUT2D eigenvalue weighted by molar-refractivity contribution is -0.147. The van der Waals surface area contributed by atoms with Crippen molar-refractivity contribution in [1.82, 2.24) is 0 Å². The van der Waals surface area contributed by atoms with E-state index in [4.69, 9.17) is 18.9 Å². The topological polar surface area (TPSA) is 80.3 Å². The van der Waals surface area contributed by atoms with E-state index >= 15 is 0 Å². The lowest BCUT2D eigenvalue weighted by atomic mass is 10.1. The van der Waals surface area contributed by atoms with Crippen LogP contribution in [-0.2, 0) is 9.53 Å². The molecule has 146 valence electrons. The minimum Gasteiger partial charge on any atom is -0.497 e. The molecule has 2 aromatic rings. The maximum atomic E-state index is 12.7. The van der Waals surface area contributed by atoms with E-state index in [2.05, 4.69) is 4.74 Å². The fraction of sp³-hybridized carbons (Fsp3) is 0.238. The molecular weight excluding hydrogens is 364 g/mol. The van der Waals surface area contributed by atoms with E-state index in [1.807, 2.05) is 0 Å². The zero-order valence-electron chi connectivity index (χ0n) is 16.0. The zero-order chi connectivity index (χ0) is 20.3. The lowest BCUT2D eigenvalue weighted by Gasteiger charge is -2.12. The van der Waals surface area contributed by atoms with Gasteiger partial charge in [-0.3, -0.25) is 4.79 Å². The molecule has 0 aromatic heterocycles. The van der Waals surface area contributed by atoms with Crippen molar-refractivity contribution in [2.75, 3.05) is 21.3 Å². The van der Waals surface area contributed by atoms with Gasteiger partial charge in [-0.2, -0.15) is 0 Å². The molecule has 7 nitrogen and oxygen atoms in total. The summed E-state index contributed by atoms with van der Waals surface area (Å²) in [6, 6.07) is 10.0. The lowest BCUT2D eigenvalue weighted by Crippen LogP contribution is -2.24. The summed E-state index contributed by atoms with van der Waals surface area (Å²) in [6.45, 7) is 1.57. The summed E-state index contributed by atoms with van der Waals surface area (Å²) in [6.07, 6.45) is 0.817. The van der Waals surface area contributed by atoms with Crippen LogP contribution in [0.3, 0.4) is 0 Å². The molecule has 0 aliphatic carbocycles. The van der Waals surface area contributed by atoms with Gasteiger partial charge in [0.15, 0.2) is 11.9 Å². The van der Waals surface area contributed by atoms with Crippen LogP contribution in [-0.4, -0.2) is 39.2 Å². The highest BCUT2D eigenvalue weighted by Gasteiger charge is 2.28.